The first-order valence-electron chi connectivity index (χ1n) is 10.2. The van der Waals surface area contributed by atoms with Gasteiger partial charge in [0.1, 0.15) is 5.75 Å². The van der Waals surface area contributed by atoms with Crippen molar-refractivity contribution in [3.8, 4) is 5.75 Å². The molecule has 4 saturated carbocycles. The third kappa shape index (κ3) is 3.75. The van der Waals surface area contributed by atoms with Crippen molar-refractivity contribution in [3.05, 3.63) is 24.3 Å². The van der Waals surface area contributed by atoms with Gasteiger partial charge >= 0.3 is 0 Å². The van der Waals surface area contributed by atoms with E-state index >= 15 is 0 Å². The van der Waals surface area contributed by atoms with E-state index in [2.05, 4.69) is 10.6 Å². The first-order valence-corrected chi connectivity index (χ1v) is 10.2. The third-order valence-electron chi connectivity index (χ3n) is 6.61. The van der Waals surface area contributed by atoms with E-state index in [1.54, 1.807) is 38.1 Å². The number of nitrogens with one attached hydrogen (secondary N) is 2. The van der Waals surface area contributed by atoms with Crippen LogP contribution in [0.15, 0.2) is 24.3 Å². The van der Waals surface area contributed by atoms with Gasteiger partial charge in [0.25, 0.3) is 5.91 Å². The quantitative estimate of drug-likeness (QED) is 0.726. The number of carbonyl (C=O) groups is 2. The van der Waals surface area contributed by atoms with Crippen LogP contribution in [0.1, 0.15) is 52.9 Å². The number of anilines is 1. The van der Waals surface area contributed by atoms with E-state index in [0.717, 1.165) is 32.1 Å². The van der Waals surface area contributed by atoms with Crippen LogP contribution in [0.5, 0.6) is 5.75 Å². The van der Waals surface area contributed by atoms with Crippen LogP contribution in [0.25, 0.3) is 0 Å². The van der Waals surface area contributed by atoms with E-state index in [0.29, 0.717) is 29.2 Å². The molecule has 6 heteroatoms. The van der Waals surface area contributed by atoms with Crippen LogP contribution in [0, 0.1) is 17.8 Å². The monoisotopic (exact) mass is 386 g/mol. The Bertz CT molecular complexity index is 774. The van der Waals surface area contributed by atoms with E-state index in [1.165, 1.54) is 6.92 Å². The van der Waals surface area contributed by atoms with Crippen molar-refractivity contribution >= 4 is 17.5 Å². The van der Waals surface area contributed by atoms with Gasteiger partial charge in [-0.2, -0.15) is 0 Å². The molecule has 1 aromatic rings. The summed E-state index contributed by atoms with van der Waals surface area (Å²) in [6.07, 6.45) is 4.73. The zero-order valence-electron chi connectivity index (χ0n) is 16.8. The molecule has 5 atom stereocenters. The van der Waals surface area contributed by atoms with Gasteiger partial charge < -0.3 is 20.5 Å². The lowest BCUT2D eigenvalue weighted by atomic mass is 9.52. The van der Waals surface area contributed by atoms with E-state index in [1.807, 2.05) is 0 Å². The summed E-state index contributed by atoms with van der Waals surface area (Å²) >= 11 is 0. The Balaban J connectivity index is 1.42. The predicted octanol–water partition coefficient (Wildman–Crippen LogP) is 2.86. The van der Waals surface area contributed by atoms with Gasteiger partial charge in [0.05, 0.1) is 5.60 Å². The van der Waals surface area contributed by atoms with E-state index in [4.69, 9.17) is 4.74 Å². The second-order valence-corrected chi connectivity index (χ2v) is 9.51. The second-order valence-electron chi connectivity index (χ2n) is 9.51. The molecule has 3 unspecified atom stereocenters. The first kappa shape index (κ1) is 19.2. The summed E-state index contributed by atoms with van der Waals surface area (Å²) < 4.78 is 5.99. The molecule has 6 nitrogen and oxygen atoms in total. The number of amides is 2. The Labute approximate surface area is 166 Å². The molecule has 0 aromatic heterocycles. The number of carbonyl (C=O) groups excluding carboxylic acids is 2. The van der Waals surface area contributed by atoms with Crippen LogP contribution < -0.4 is 15.4 Å². The minimum atomic E-state index is -1.04. The highest BCUT2D eigenvalue weighted by Gasteiger charge is 2.55. The maximum atomic E-state index is 13.0. The summed E-state index contributed by atoms with van der Waals surface area (Å²) in [5, 5.41) is 16.7. The Morgan fingerprint density at radius 2 is 1.86 bits per heavy atom. The molecule has 152 valence electrons. The van der Waals surface area contributed by atoms with Crippen molar-refractivity contribution in [2.24, 2.45) is 17.8 Å². The Morgan fingerprint density at radius 3 is 2.46 bits per heavy atom. The molecule has 0 spiro atoms. The molecule has 28 heavy (non-hydrogen) atoms. The summed E-state index contributed by atoms with van der Waals surface area (Å²) in [6.45, 7) is 4.97. The summed E-state index contributed by atoms with van der Waals surface area (Å²) in [4.78, 5) is 24.3. The van der Waals surface area contributed by atoms with Crippen LogP contribution in [0.3, 0.4) is 0 Å². The molecule has 1 aromatic carbocycles. The average molecular weight is 386 g/mol. The molecular formula is C22H30N2O4. The molecule has 4 bridgehead atoms. The van der Waals surface area contributed by atoms with Crippen molar-refractivity contribution in [2.45, 2.75) is 70.1 Å². The van der Waals surface area contributed by atoms with Gasteiger partial charge in [-0.25, -0.2) is 0 Å². The largest absolute Gasteiger partial charge is 0.478 e. The molecule has 0 heterocycles. The third-order valence-corrected chi connectivity index (χ3v) is 6.61. The molecule has 3 N–H and O–H groups in total. The number of aliphatic hydroxyl groups is 1. The maximum Gasteiger partial charge on any atom is 0.263 e. The molecule has 5 rings (SSSR count). The standard InChI is InChI=1S/C22H30N2O4/c1-13(25)23-17-5-4-6-18(9-17)28-21(2,3)20(26)24-19-15-7-14-8-16(19)12-22(27,10-14)11-15/h4-6,9,14-16,19,27H,7-8,10-12H2,1-3H3,(H,23,25)(H,24,26)/t14?,15-,16+,19?,22?. The molecule has 4 aliphatic rings. The molecule has 2 amide bonds. The van der Waals surface area contributed by atoms with Gasteiger partial charge in [0, 0.05) is 24.7 Å². The molecule has 0 aliphatic heterocycles. The topological polar surface area (TPSA) is 87.7 Å². The van der Waals surface area contributed by atoms with Crippen LogP contribution in [-0.4, -0.2) is 34.2 Å². The number of hydrogen-bond donors (Lipinski definition) is 3. The number of benzene rings is 1. The van der Waals surface area contributed by atoms with Gasteiger partial charge in [0.15, 0.2) is 5.60 Å². The highest BCUT2D eigenvalue weighted by molar-refractivity contribution is 5.89. The van der Waals surface area contributed by atoms with Gasteiger partial charge in [0.2, 0.25) is 5.91 Å². The first-order chi connectivity index (χ1) is 13.1. The number of rotatable bonds is 5. The maximum absolute atomic E-state index is 13.0. The fourth-order valence-electron chi connectivity index (χ4n) is 5.72. The highest BCUT2D eigenvalue weighted by atomic mass is 16.5. The minimum Gasteiger partial charge on any atom is -0.478 e. The lowest BCUT2D eigenvalue weighted by Crippen LogP contribution is -2.63. The summed E-state index contributed by atoms with van der Waals surface area (Å²) in [7, 11) is 0. The van der Waals surface area contributed by atoms with Crippen molar-refractivity contribution < 1.29 is 19.4 Å². The van der Waals surface area contributed by atoms with Gasteiger partial charge in [-0.05, 0) is 75.8 Å². The Kier molecular flexibility index (Phi) is 4.65. The summed E-state index contributed by atoms with van der Waals surface area (Å²) in [5.74, 6) is 1.57. The lowest BCUT2D eigenvalue weighted by Gasteiger charge is -2.58. The van der Waals surface area contributed by atoms with Gasteiger partial charge in [-0.15, -0.1) is 0 Å². The van der Waals surface area contributed by atoms with Crippen molar-refractivity contribution in [1.82, 2.24) is 5.32 Å². The average Bonchev–Trinajstić information content (AvgIpc) is 2.55. The molecule has 0 saturated heterocycles. The lowest BCUT2D eigenvalue weighted by molar-refractivity contribution is -0.152. The van der Waals surface area contributed by atoms with Crippen molar-refractivity contribution in [1.29, 1.82) is 0 Å². The van der Waals surface area contributed by atoms with Crippen molar-refractivity contribution in [3.63, 3.8) is 0 Å². The predicted molar refractivity (Wildman–Crippen MR) is 106 cm³/mol. The van der Waals surface area contributed by atoms with Gasteiger partial charge in [-0.1, -0.05) is 6.07 Å². The molecular weight excluding hydrogens is 356 g/mol. The Hall–Kier alpha value is -2.08. The van der Waals surface area contributed by atoms with E-state index in [-0.39, 0.29) is 17.9 Å². The van der Waals surface area contributed by atoms with Crippen molar-refractivity contribution in [2.75, 3.05) is 5.32 Å². The Morgan fingerprint density at radius 1 is 1.18 bits per heavy atom. The van der Waals surface area contributed by atoms with Crippen LogP contribution in [0.4, 0.5) is 5.69 Å². The van der Waals surface area contributed by atoms with Gasteiger partial charge in [-0.3, -0.25) is 9.59 Å². The molecule has 0 radical (unpaired) electrons. The number of ether oxygens (including phenoxy) is 1. The van der Waals surface area contributed by atoms with E-state index < -0.39 is 11.2 Å². The fourth-order valence-corrected chi connectivity index (χ4v) is 5.72. The van der Waals surface area contributed by atoms with Crippen LogP contribution in [-0.2, 0) is 9.59 Å². The zero-order valence-corrected chi connectivity index (χ0v) is 16.8. The van der Waals surface area contributed by atoms with Crippen LogP contribution in [0.2, 0.25) is 0 Å². The summed E-state index contributed by atoms with van der Waals surface area (Å²) in [6, 6.07) is 7.18. The molecule has 4 aliphatic carbocycles. The highest BCUT2D eigenvalue weighted by Crippen LogP contribution is 2.55. The van der Waals surface area contributed by atoms with Crippen LogP contribution >= 0.6 is 0 Å². The summed E-state index contributed by atoms with van der Waals surface area (Å²) in [5.41, 5.74) is -0.913. The normalized spacial score (nSPS) is 33.4. The fraction of sp³-hybridized carbons (Fsp3) is 0.636. The molecule has 4 fully saturated rings. The smallest absolute Gasteiger partial charge is 0.263 e. The minimum absolute atomic E-state index is 0.123. The second kappa shape index (κ2) is 6.76. The number of hydrogen-bond acceptors (Lipinski definition) is 4. The zero-order chi connectivity index (χ0) is 20.1. The SMILES string of the molecule is CC(=O)Nc1cccc(OC(C)(C)C(=O)NC2[C@@H]3CC4C[C@H]2CC(O)(C4)C3)c1. The van der Waals surface area contributed by atoms with E-state index in [9.17, 15) is 14.7 Å².